The van der Waals surface area contributed by atoms with Crippen molar-refractivity contribution in [2.24, 2.45) is 5.92 Å². The van der Waals surface area contributed by atoms with E-state index in [2.05, 4.69) is 12.2 Å². The molecule has 1 aromatic carbocycles. The molecule has 0 aliphatic carbocycles. The van der Waals surface area contributed by atoms with Crippen LogP contribution in [0.5, 0.6) is 0 Å². The molecule has 0 spiro atoms. The second kappa shape index (κ2) is 7.46. The van der Waals surface area contributed by atoms with Gasteiger partial charge in [0.15, 0.2) is 0 Å². The Balaban J connectivity index is 1.93. The molecule has 114 valence electrons. The molecule has 1 aliphatic rings. The summed E-state index contributed by atoms with van der Waals surface area (Å²) in [6.45, 7) is 3.21. The summed E-state index contributed by atoms with van der Waals surface area (Å²) in [5.74, 6) is -0.360. The van der Waals surface area contributed by atoms with Crippen LogP contribution >= 0.6 is 11.6 Å². The molecular formula is C16H21ClN2O2. The number of nitrogens with zero attached hydrogens (tertiary/aromatic N) is 1. The Morgan fingerprint density at radius 2 is 2.14 bits per heavy atom. The highest BCUT2D eigenvalue weighted by molar-refractivity contribution is 6.33. The van der Waals surface area contributed by atoms with Gasteiger partial charge in [-0.2, -0.15) is 0 Å². The molecule has 0 aromatic heterocycles. The van der Waals surface area contributed by atoms with E-state index >= 15 is 0 Å². The summed E-state index contributed by atoms with van der Waals surface area (Å²) in [7, 11) is 0. The number of unbranched alkanes of at least 4 members (excludes halogenated alkanes) is 2. The zero-order valence-electron chi connectivity index (χ0n) is 12.3. The Morgan fingerprint density at radius 3 is 2.86 bits per heavy atom. The summed E-state index contributed by atoms with van der Waals surface area (Å²) in [6.07, 6.45) is 3.47. The highest BCUT2D eigenvalue weighted by Gasteiger charge is 2.35. The number of anilines is 1. The standard InChI is InChI=1S/C16H21ClN2O2/c1-2-3-6-9-18-16(21)12-10-15(20)19(11-12)14-8-5-4-7-13(14)17/h4-5,7-8,12H,2-3,6,9-11H2,1H3,(H,18,21). The van der Waals surface area contributed by atoms with Gasteiger partial charge in [0.05, 0.1) is 16.6 Å². The van der Waals surface area contributed by atoms with Crippen LogP contribution in [0.2, 0.25) is 5.02 Å². The lowest BCUT2D eigenvalue weighted by atomic mass is 10.1. The van der Waals surface area contributed by atoms with E-state index in [9.17, 15) is 9.59 Å². The van der Waals surface area contributed by atoms with Gasteiger partial charge in [0.1, 0.15) is 0 Å². The van der Waals surface area contributed by atoms with E-state index in [0.717, 1.165) is 19.3 Å². The molecule has 1 unspecified atom stereocenters. The zero-order valence-corrected chi connectivity index (χ0v) is 13.0. The molecule has 1 atom stereocenters. The van der Waals surface area contributed by atoms with E-state index in [0.29, 0.717) is 23.8 Å². The number of hydrogen-bond acceptors (Lipinski definition) is 2. The normalized spacial score (nSPS) is 18.1. The Labute approximate surface area is 130 Å². The van der Waals surface area contributed by atoms with Crippen molar-refractivity contribution >= 4 is 29.1 Å². The van der Waals surface area contributed by atoms with Crippen LogP contribution in [0, 0.1) is 5.92 Å². The van der Waals surface area contributed by atoms with E-state index in [1.165, 1.54) is 0 Å². The summed E-state index contributed by atoms with van der Waals surface area (Å²) < 4.78 is 0. The first-order valence-electron chi connectivity index (χ1n) is 7.46. The second-order valence-corrected chi connectivity index (χ2v) is 5.76. The van der Waals surface area contributed by atoms with E-state index in [-0.39, 0.29) is 24.2 Å². The quantitative estimate of drug-likeness (QED) is 0.821. The van der Waals surface area contributed by atoms with E-state index in [1.807, 2.05) is 18.2 Å². The van der Waals surface area contributed by atoms with Gasteiger partial charge in [0.25, 0.3) is 0 Å². The van der Waals surface area contributed by atoms with Gasteiger partial charge in [0.2, 0.25) is 11.8 Å². The maximum Gasteiger partial charge on any atom is 0.227 e. The molecule has 1 aromatic rings. The third-order valence-electron chi connectivity index (χ3n) is 3.72. The van der Waals surface area contributed by atoms with Crippen molar-refractivity contribution in [3.05, 3.63) is 29.3 Å². The van der Waals surface area contributed by atoms with Gasteiger partial charge < -0.3 is 10.2 Å². The number of nitrogens with one attached hydrogen (secondary N) is 1. The Kier molecular flexibility index (Phi) is 5.62. The van der Waals surface area contributed by atoms with Crippen molar-refractivity contribution in [1.29, 1.82) is 0 Å². The number of amides is 2. The summed E-state index contributed by atoms with van der Waals surface area (Å²) in [5, 5.41) is 3.45. The predicted molar refractivity (Wildman–Crippen MR) is 84.4 cm³/mol. The topological polar surface area (TPSA) is 49.4 Å². The third-order valence-corrected chi connectivity index (χ3v) is 4.04. The van der Waals surface area contributed by atoms with Gasteiger partial charge in [-0.1, -0.05) is 43.5 Å². The maximum absolute atomic E-state index is 12.1. The molecule has 1 aliphatic heterocycles. The van der Waals surface area contributed by atoms with E-state index < -0.39 is 0 Å². The zero-order chi connectivity index (χ0) is 15.2. The molecular weight excluding hydrogens is 288 g/mol. The van der Waals surface area contributed by atoms with Crippen LogP contribution in [0.25, 0.3) is 0 Å². The monoisotopic (exact) mass is 308 g/mol. The van der Waals surface area contributed by atoms with Crippen molar-refractivity contribution in [3.8, 4) is 0 Å². The summed E-state index contributed by atoms with van der Waals surface area (Å²) in [6, 6.07) is 7.22. The van der Waals surface area contributed by atoms with Gasteiger partial charge >= 0.3 is 0 Å². The highest BCUT2D eigenvalue weighted by atomic mass is 35.5. The van der Waals surface area contributed by atoms with Crippen LogP contribution in [-0.4, -0.2) is 24.9 Å². The lowest BCUT2D eigenvalue weighted by molar-refractivity contribution is -0.126. The van der Waals surface area contributed by atoms with Crippen LogP contribution in [-0.2, 0) is 9.59 Å². The van der Waals surface area contributed by atoms with Crippen LogP contribution in [0.4, 0.5) is 5.69 Å². The van der Waals surface area contributed by atoms with Crippen LogP contribution < -0.4 is 10.2 Å². The Bertz CT molecular complexity index is 519. The minimum Gasteiger partial charge on any atom is -0.356 e. The Hall–Kier alpha value is -1.55. The summed E-state index contributed by atoms with van der Waals surface area (Å²) in [4.78, 5) is 25.8. The van der Waals surface area contributed by atoms with Crippen molar-refractivity contribution in [3.63, 3.8) is 0 Å². The molecule has 1 heterocycles. The third kappa shape index (κ3) is 3.97. The summed E-state index contributed by atoms with van der Waals surface area (Å²) >= 11 is 6.12. The first-order valence-corrected chi connectivity index (χ1v) is 7.84. The fourth-order valence-electron chi connectivity index (χ4n) is 2.52. The number of benzene rings is 1. The number of carbonyl (C=O) groups is 2. The first kappa shape index (κ1) is 15.8. The van der Waals surface area contributed by atoms with Gasteiger partial charge in [-0.25, -0.2) is 0 Å². The molecule has 1 saturated heterocycles. The predicted octanol–water partition coefficient (Wildman–Crippen LogP) is 3.00. The average Bonchev–Trinajstić information content (AvgIpc) is 2.86. The molecule has 2 amide bonds. The van der Waals surface area contributed by atoms with Gasteiger partial charge in [-0.05, 0) is 18.6 Å². The van der Waals surface area contributed by atoms with Crippen LogP contribution in [0.3, 0.4) is 0 Å². The second-order valence-electron chi connectivity index (χ2n) is 5.35. The van der Waals surface area contributed by atoms with E-state index in [1.54, 1.807) is 11.0 Å². The maximum atomic E-state index is 12.1. The fraction of sp³-hybridized carbons (Fsp3) is 0.500. The molecule has 1 fully saturated rings. The molecule has 1 N–H and O–H groups in total. The lowest BCUT2D eigenvalue weighted by Gasteiger charge is -2.18. The van der Waals surface area contributed by atoms with E-state index in [4.69, 9.17) is 11.6 Å². The molecule has 2 rings (SSSR count). The minimum absolute atomic E-state index is 0.0333. The van der Waals surface area contributed by atoms with Crippen LogP contribution in [0.15, 0.2) is 24.3 Å². The molecule has 4 nitrogen and oxygen atoms in total. The molecule has 0 radical (unpaired) electrons. The largest absolute Gasteiger partial charge is 0.356 e. The molecule has 0 bridgehead atoms. The minimum atomic E-state index is -0.282. The molecule has 0 saturated carbocycles. The van der Waals surface area contributed by atoms with Crippen molar-refractivity contribution in [2.75, 3.05) is 18.0 Å². The van der Waals surface area contributed by atoms with Gasteiger partial charge in [0, 0.05) is 19.5 Å². The number of carbonyl (C=O) groups excluding carboxylic acids is 2. The highest BCUT2D eigenvalue weighted by Crippen LogP contribution is 2.30. The average molecular weight is 309 g/mol. The van der Waals surface area contributed by atoms with Gasteiger partial charge in [-0.3, -0.25) is 9.59 Å². The fourth-order valence-corrected chi connectivity index (χ4v) is 2.76. The number of rotatable bonds is 6. The van der Waals surface area contributed by atoms with Crippen molar-refractivity contribution < 1.29 is 9.59 Å². The smallest absolute Gasteiger partial charge is 0.227 e. The Morgan fingerprint density at radius 1 is 1.38 bits per heavy atom. The van der Waals surface area contributed by atoms with Gasteiger partial charge in [-0.15, -0.1) is 0 Å². The van der Waals surface area contributed by atoms with Crippen LogP contribution in [0.1, 0.15) is 32.6 Å². The number of para-hydroxylation sites is 1. The molecule has 21 heavy (non-hydrogen) atoms. The molecule has 5 heteroatoms. The van der Waals surface area contributed by atoms with Crippen molar-refractivity contribution in [1.82, 2.24) is 5.32 Å². The lowest BCUT2D eigenvalue weighted by Crippen LogP contribution is -2.33. The number of hydrogen-bond donors (Lipinski definition) is 1. The first-order chi connectivity index (χ1) is 10.1. The SMILES string of the molecule is CCCCCNC(=O)C1CC(=O)N(c2ccccc2Cl)C1. The summed E-state index contributed by atoms with van der Waals surface area (Å²) in [5.41, 5.74) is 0.686. The number of halogens is 1. The van der Waals surface area contributed by atoms with Crippen molar-refractivity contribution in [2.45, 2.75) is 32.6 Å².